The molecule has 3 aliphatic rings. The summed E-state index contributed by atoms with van der Waals surface area (Å²) in [4.78, 5) is 133. The van der Waals surface area contributed by atoms with Crippen molar-refractivity contribution in [1.29, 1.82) is 0 Å². The summed E-state index contributed by atoms with van der Waals surface area (Å²) in [5.41, 5.74) is 1.65. The van der Waals surface area contributed by atoms with Crippen molar-refractivity contribution in [3.8, 4) is 0 Å². The quantitative estimate of drug-likeness (QED) is 0.0413. The van der Waals surface area contributed by atoms with Gasteiger partial charge >= 0.3 is 12.3 Å². The number of Topliss-reactive ketones (excluding diaryl/α,β-unsaturated/α-hetero) is 3. The van der Waals surface area contributed by atoms with Gasteiger partial charge in [0.05, 0.1) is 62.1 Å². The molecule has 3 N–H and O–H groups in total. The van der Waals surface area contributed by atoms with E-state index in [1.807, 2.05) is 71.9 Å². The first-order chi connectivity index (χ1) is 47.3. The Bertz CT molecular complexity index is 2950. The van der Waals surface area contributed by atoms with Crippen molar-refractivity contribution in [3.05, 3.63) is 65.7 Å². The Hall–Kier alpha value is -6.18. The second kappa shape index (κ2) is 40.6. The summed E-state index contributed by atoms with van der Waals surface area (Å²) in [5, 5.41) is 16.6. The van der Waals surface area contributed by atoms with E-state index in [1.54, 1.807) is 82.8 Å². The number of ketones is 3. The van der Waals surface area contributed by atoms with Crippen molar-refractivity contribution in [2.75, 3.05) is 79.6 Å². The molecular weight excluding hydrogens is 1290 g/mol. The molecule has 3 aliphatic heterocycles. The summed E-state index contributed by atoms with van der Waals surface area (Å²) in [6.07, 6.45) is -4.68. The number of likely N-dealkylation sites (N-methyl/N-ethyl adjacent to an activating group) is 2. The molecule has 562 valence electrons. The number of aliphatic hydroxyl groups excluding tert-OH is 1. The van der Waals surface area contributed by atoms with Crippen LogP contribution in [0.2, 0.25) is 0 Å². The van der Waals surface area contributed by atoms with Crippen LogP contribution in [0.4, 0.5) is 23.7 Å². The van der Waals surface area contributed by atoms with E-state index in [0.29, 0.717) is 89.2 Å². The number of halogens is 3. The van der Waals surface area contributed by atoms with Crippen LogP contribution in [0.1, 0.15) is 183 Å². The number of nitrogens with one attached hydrogen (secondary N) is 2. The minimum Gasteiger partial charge on any atom is -0.445 e. The van der Waals surface area contributed by atoms with Crippen molar-refractivity contribution < 1.29 is 80.4 Å². The normalized spacial score (nSPS) is 19.9. The van der Waals surface area contributed by atoms with Gasteiger partial charge < -0.3 is 44.1 Å². The Balaban J connectivity index is 1.20. The number of imide groups is 1. The molecule has 24 heteroatoms. The molecule has 3 fully saturated rings. The smallest absolute Gasteiger partial charge is 0.410 e. The van der Waals surface area contributed by atoms with E-state index in [0.717, 1.165) is 5.56 Å². The summed E-state index contributed by atoms with van der Waals surface area (Å²) >= 11 is 0. The molecule has 0 aliphatic carbocycles. The average molecular weight is 1410 g/mol. The molecule has 2 aromatic rings. The maximum Gasteiger partial charge on any atom is 0.410 e. The number of carbonyl (C=O) groups excluding carboxylic acids is 9. The second-order valence-electron chi connectivity index (χ2n) is 29.4. The molecule has 0 radical (unpaired) electrons. The van der Waals surface area contributed by atoms with Gasteiger partial charge in [0.2, 0.25) is 29.5 Å². The van der Waals surface area contributed by atoms with E-state index in [1.165, 1.54) is 24.0 Å². The fourth-order valence-electron chi connectivity index (χ4n) is 14.6. The lowest BCUT2D eigenvalue weighted by Crippen LogP contribution is -2.54. The second-order valence-corrected chi connectivity index (χ2v) is 29.4. The SMILES string of the molecule is CC[C@H](C)[C@@H]([C@@H](CC(=O)N1CCC[C@H]1[C@H](OC)[C@@H](C)C(=O)C[C@H](C)[C@@H](O)c1ccccc1)OC)N(C)C(=O)[C@@H](CC(=O)[C@H](C(C)C)N(C)C(=O)OCc1ccc(NC(=O)[C@H](CCCN2CCOCC2)CC(=O)[C@@H](N[C@@H](CCCCCN2C(=O)CC(C)C2=O)C(F)(F)F)C(C)C)cc1)C(C)C. The van der Waals surface area contributed by atoms with E-state index in [4.69, 9.17) is 18.9 Å². The highest BCUT2D eigenvalue weighted by atomic mass is 19.4. The molecule has 3 heterocycles. The Kier molecular flexibility index (Phi) is 34.3. The molecule has 2 aromatic carbocycles. The summed E-state index contributed by atoms with van der Waals surface area (Å²) in [6, 6.07) is 10.6. The van der Waals surface area contributed by atoms with Gasteiger partial charge in [-0.3, -0.25) is 53.5 Å². The third kappa shape index (κ3) is 24.2. The minimum absolute atomic E-state index is 0.0609. The van der Waals surface area contributed by atoms with Gasteiger partial charge in [-0.15, -0.1) is 0 Å². The topological polar surface area (TPSA) is 251 Å². The fraction of sp³-hybridized carbons (Fsp3) is 0.724. The zero-order valence-corrected chi connectivity index (χ0v) is 62.2. The van der Waals surface area contributed by atoms with Gasteiger partial charge in [0.15, 0.2) is 11.6 Å². The van der Waals surface area contributed by atoms with Crippen molar-refractivity contribution in [3.63, 3.8) is 0 Å². The summed E-state index contributed by atoms with van der Waals surface area (Å²) in [6.45, 7) is 23.5. The van der Waals surface area contributed by atoms with E-state index in [2.05, 4.69) is 15.5 Å². The van der Waals surface area contributed by atoms with Gasteiger partial charge in [0, 0.05) is 110 Å². The van der Waals surface area contributed by atoms with Crippen LogP contribution >= 0.6 is 0 Å². The van der Waals surface area contributed by atoms with Crippen LogP contribution < -0.4 is 10.6 Å². The standard InChI is InChI=1S/C76H118F3N7O14/c1-16-50(8)69(63(97-14)45-66(91)85-36-24-28-59(85)71(98-15)53(11)60(87)41-51(9)70(92)55-25-19-17-20-26-55)82(12)74(95)58(47(2)3)44-62(89)68(49(6)7)83(13)75(96)100-46-54-30-32-57(33-31-54)80-72(93)56(27-23-34-84-37-39-99-40-38-84)43-61(88)67(48(4)5)81-64(76(77,78)79)29-21-18-22-35-86-65(90)42-52(10)73(86)94/h17,19-20,25-26,30-33,47-53,56,58-59,63-64,67-71,81,92H,16,18,21-24,27-29,34-46H2,1-15H3,(H,80,93)/t50-,51-,52?,53-,56+,58-,59-,63+,64-,67-,68-,69-,70+,71+/m0/s1. The molecule has 3 saturated heterocycles. The first-order valence-electron chi connectivity index (χ1n) is 36.5. The highest BCUT2D eigenvalue weighted by Crippen LogP contribution is 2.35. The van der Waals surface area contributed by atoms with Crippen LogP contribution in [0.5, 0.6) is 0 Å². The maximum absolute atomic E-state index is 14.9. The number of unbranched alkanes of at least 4 members (excludes halogenated alkanes) is 2. The van der Waals surface area contributed by atoms with Crippen LogP contribution in [0.25, 0.3) is 0 Å². The lowest BCUT2D eigenvalue weighted by molar-refractivity contribution is -0.161. The summed E-state index contributed by atoms with van der Waals surface area (Å²) in [5.74, 6) is -6.93. The number of aliphatic hydroxyl groups is 1. The molecule has 0 aromatic heterocycles. The number of methoxy groups -OCH3 is 2. The van der Waals surface area contributed by atoms with Crippen LogP contribution in [0.3, 0.4) is 0 Å². The van der Waals surface area contributed by atoms with Gasteiger partial charge in [-0.05, 0) is 97.9 Å². The van der Waals surface area contributed by atoms with Crippen LogP contribution in [-0.2, 0) is 63.9 Å². The zero-order chi connectivity index (χ0) is 74.3. The number of alkyl halides is 3. The first kappa shape index (κ1) is 84.5. The van der Waals surface area contributed by atoms with Crippen LogP contribution in [0.15, 0.2) is 54.6 Å². The molecule has 14 atom stereocenters. The first-order valence-corrected chi connectivity index (χ1v) is 36.5. The van der Waals surface area contributed by atoms with Crippen LogP contribution in [0, 0.1) is 53.3 Å². The number of benzene rings is 2. The lowest BCUT2D eigenvalue weighted by Gasteiger charge is -2.41. The van der Waals surface area contributed by atoms with Crippen molar-refractivity contribution in [2.45, 2.75) is 227 Å². The highest BCUT2D eigenvalue weighted by Gasteiger charge is 2.46. The summed E-state index contributed by atoms with van der Waals surface area (Å²) in [7, 11) is 6.23. The van der Waals surface area contributed by atoms with Gasteiger partial charge in [-0.1, -0.05) is 138 Å². The highest BCUT2D eigenvalue weighted by molar-refractivity contribution is 6.03. The predicted octanol–water partition coefficient (Wildman–Crippen LogP) is 10.9. The van der Waals surface area contributed by atoms with Crippen LogP contribution in [-0.4, -0.2) is 205 Å². The lowest BCUT2D eigenvalue weighted by atomic mass is 9.83. The zero-order valence-electron chi connectivity index (χ0n) is 62.2. The number of morpholine rings is 1. The van der Waals surface area contributed by atoms with Crippen molar-refractivity contribution in [1.82, 2.24) is 29.8 Å². The summed E-state index contributed by atoms with van der Waals surface area (Å²) < 4.78 is 67.3. The number of ether oxygens (including phenoxy) is 4. The molecule has 100 heavy (non-hydrogen) atoms. The number of hydrogen-bond acceptors (Lipinski definition) is 16. The maximum atomic E-state index is 14.9. The Morgan fingerprint density at radius 2 is 1.39 bits per heavy atom. The van der Waals surface area contributed by atoms with Gasteiger partial charge in [0.25, 0.3) is 0 Å². The largest absolute Gasteiger partial charge is 0.445 e. The third-order valence-corrected chi connectivity index (χ3v) is 20.9. The van der Waals surface area contributed by atoms with E-state index < -0.39 is 108 Å². The van der Waals surface area contributed by atoms with E-state index in [9.17, 15) is 61.4 Å². The number of nitrogens with zero attached hydrogens (tertiary/aromatic N) is 5. The molecule has 0 saturated carbocycles. The molecule has 0 spiro atoms. The van der Waals surface area contributed by atoms with Gasteiger partial charge in [-0.2, -0.15) is 13.2 Å². The van der Waals surface area contributed by atoms with E-state index in [-0.39, 0.29) is 117 Å². The molecule has 5 rings (SSSR count). The average Bonchev–Trinajstić information content (AvgIpc) is 1.13. The number of likely N-dealkylation sites (tertiary alicyclic amines) is 2. The molecule has 1 unspecified atom stereocenters. The number of rotatable bonds is 42. The number of anilines is 1. The number of carbonyl (C=O) groups is 9. The fourth-order valence-corrected chi connectivity index (χ4v) is 14.6. The minimum atomic E-state index is -4.69. The van der Waals surface area contributed by atoms with Gasteiger partial charge in [-0.25, -0.2) is 4.79 Å². The van der Waals surface area contributed by atoms with Crippen molar-refractivity contribution in [2.24, 2.45) is 53.3 Å². The van der Waals surface area contributed by atoms with Gasteiger partial charge in [0.1, 0.15) is 18.4 Å². The van der Waals surface area contributed by atoms with Crippen molar-refractivity contribution >= 4 is 58.7 Å². The molecule has 0 bridgehead atoms. The van der Waals surface area contributed by atoms with E-state index >= 15 is 0 Å². The third-order valence-electron chi connectivity index (χ3n) is 20.9. The Labute approximate surface area is 592 Å². The molecular formula is C76H118F3N7O14. The Morgan fingerprint density at radius 3 is 1.96 bits per heavy atom. The Morgan fingerprint density at radius 1 is 0.730 bits per heavy atom. The number of amides is 6. The molecule has 21 nitrogen and oxygen atoms in total. The number of hydrogen-bond donors (Lipinski definition) is 3. The predicted molar refractivity (Wildman–Crippen MR) is 376 cm³/mol. The molecule has 6 amide bonds. The monoisotopic (exact) mass is 1410 g/mol.